The van der Waals surface area contributed by atoms with Crippen LogP contribution >= 0.6 is 0 Å². The van der Waals surface area contributed by atoms with Gasteiger partial charge in [0, 0.05) is 6.08 Å². The summed E-state index contributed by atoms with van der Waals surface area (Å²) in [5, 5.41) is 0. The first kappa shape index (κ1) is 9.30. The lowest BCUT2D eigenvalue weighted by atomic mass is 9.85. The molecule has 1 unspecified atom stereocenters. The number of carbonyl (C=O) groups is 1. The maximum absolute atomic E-state index is 10.9. The third kappa shape index (κ3) is 2.36. The fourth-order valence-electron chi connectivity index (χ4n) is 1.64. The lowest BCUT2D eigenvalue weighted by Gasteiger charge is -2.20. The Morgan fingerprint density at radius 1 is 1.58 bits per heavy atom. The molecule has 0 aromatic carbocycles. The fraction of sp³-hybridized carbons (Fsp3) is 0.700. The van der Waals surface area contributed by atoms with Gasteiger partial charge < -0.3 is 4.74 Å². The van der Waals surface area contributed by atoms with Crippen molar-refractivity contribution in [3.05, 3.63) is 11.6 Å². The van der Waals surface area contributed by atoms with Gasteiger partial charge in [-0.05, 0) is 25.2 Å². The normalized spacial score (nSPS) is 27.2. The van der Waals surface area contributed by atoms with E-state index in [-0.39, 0.29) is 5.97 Å². The molecular weight excluding hydrogens is 152 g/mol. The van der Waals surface area contributed by atoms with Gasteiger partial charge in [-0.25, -0.2) is 4.79 Å². The summed E-state index contributed by atoms with van der Waals surface area (Å²) < 4.78 is 4.59. The Morgan fingerprint density at radius 2 is 2.33 bits per heavy atom. The Labute approximate surface area is 73.6 Å². The highest BCUT2D eigenvalue weighted by Gasteiger charge is 2.14. The molecule has 1 saturated carbocycles. The van der Waals surface area contributed by atoms with Crippen molar-refractivity contribution in [2.75, 3.05) is 7.11 Å². The minimum atomic E-state index is -0.209. The highest BCUT2D eigenvalue weighted by molar-refractivity contribution is 5.82. The zero-order valence-corrected chi connectivity index (χ0v) is 7.80. The Morgan fingerprint density at radius 3 is 2.92 bits per heavy atom. The van der Waals surface area contributed by atoms with Crippen LogP contribution in [0.25, 0.3) is 0 Å². The minimum Gasteiger partial charge on any atom is -0.466 e. The molecule has 0 bridgehead atoms. The highest BCUT2D eigenvalue weighted by Crippen LogP contribution is 2.28. The molecule has 1 atom stereocenters. The van der Waals surface area contributed by atoms with Crippen LogP contribution in [0.2, 0.25) is 0 Å². The molecule has 12 heavy (non-hydrogen) atoms. The predicted octanol–water partition coefficient (Wildman–Crippen LogP) is 2.30. The van der Waals surface area contributed by atoms with Crippen LogP contribution in [-0.4, -0.2) is 13.1 Å². The summed E-state index contributed by atoms with van der Waals surface area (Å²) in [6, 6.07) is 0. The van der Waals surface area contributed by atoms with Crippen molar-refractivity contribution in [1.82, 2.24) is 0 Å². The Hall–Kier alpha value is -0.790. The van der Waals surface area contributed by atoms with E-state index in [2.05, 4.69) is 11.7 Å². The zero-order valence-electron chi connectivity index (χ0n) is 7.80. The number of hydrogen-bond donors (Lipinski definition) is 0. The monoisotopic (exact) mass is 168 g/mol. The second kappa shape index (κ2) is 4.29. The summed E-state index contributed by atoms with van der Waals surface area (Å²) in [6.45, 7) is 2.17. The quantitative estimate of drug-likeness (QED) is 0.443. The highest BCUT2D eigenvalue weighted by atomic mass is 16.5. The molecular formula is C10H16O2. The van der Waals surface area contributed by atoms with Gasteiger partial charge >= 0.3 is 5.97 Å². The summed E-state index contributed by atoms with van der Waals surface area (Å²) >= 11 is 0. The second-order valence-corrected chi connectivity index (χ2v) is 3.39. The van der Waals surface area contributed by atoms with E-state index >= 15 is 0 Å². The molecule has 0 saturated heterocycles. The average Bonchev–Trinajstić information content (AvgIpc) is 2.09. The van der Waals surface area contributed by atoms with Gasteiger partial charge in [0.2, 0.25) is 0 Å². The molecule has 2 nitrogen and oxygen atoms in total. The zero-order chi connectivity index (χ0) is 8.97. The molecule has 0 heterocycles. The molecule has 68 valence electrons. The fourth-order valence-corrected chi connectivity index (χ4v) is 1.64. The van der Waals surface area contributed by atoms with E-state index < -0.39 is 0 Å². The third-order valence-electron chi connectivity index (χ3n) is 2.49. The van der Waals surface area contributed by atoms with Gasteiger partial charge in [-0.15, -0.1) is 0 Å². The van der Waals surface area contributed by atoms with Crippen LogP contribution in [0.15, 0.2) is 11.6 Å². The molecule has 0 aliphatic heterocycles. The molecule has 0 amide bonds. The topological polar surface area (TPSA) is 26.3 Å². The van der Waals surface area contributed by atoms with E-state index in [0.717, 1.165) is 6.42 Å². The van der Waals surface area contributed by atoms with Gasteiger partial charge in [0.25, 0.3) is 0 Å². The Balaban J connectivity index is 2.58. The van der Waals surface area contributed by atoms with Crippen molar-refractivity contribution in [3.8, 4) is 0 Å². The number of esters is 1. The molecule has 0 aromatic heterocycles. The average molecular weight is 168 g/mol. The number of rotatable bonds is 1. The van der Waals surface area contributed by atoms with Crippen LogP contribution in [0.4, 0.5) is 0 Å². The summed E-state index contributed by atoms with van der Waals surface area (Å²) in [5.74, 6) is 0.358. The van der Waals surface area contributed by atoms with E-state index in [4.69, 9.17) is 0 Å². The molecule has 0 aromatic rings. The smallest absolute Gasteiger partial charge is 0.330 e. The second-order valence-electron chi connectivity index (χ2n) is 3.39. The van der Waals surface area contributed by atoms with Gasteiger partial charge in [0.15, 0.2) is 0 Å². The largest absolute Gasteiger partial charge is 0.466 e. The van der Waals surface area contributed by atoms with Crippen molar-refractivity contribution in [3.63, 3.8) is 0 Å². The van der Waals surface area contributed by atoms with Crippen LogP contribution in [0.1, 0.15) is 32.6 Å². The summed E-state index contributed by atoms with van der Waals surface area (Å²) in [4.78, 5) is 10.9. The van der Waals surface area contributed by atoms with Crippen LogP contribution < -0.4 is 0 Å². The van der Waals surface area contributed by atoms with Crippen molar-refractivity contribution in [2.24, 2.45) is 5.92 Å². The van der Waals surface area contributed by atoms with Gasteiger partial charge in [-0.1, -0.05) is 18.9 Å². The van der Waals surface area contributed by atoms with E-state index in [1.165, 1.54) is 31.9 Å². The van der Waals surface area contributed by atoms with Crippen LogP contribution in [0.3, 0.4) is 0 Å². The van der Waals surface area contributed by atoms with Gasteiger partial charge in [0.1, 0.15) is 0 Å². The number of ether oxygens (including phenoxy) is 1. The molecule has 0 radical (unpaired) electrons. The van der Waals surface area contributed by atoms with E-state index in [1.54, 1.807) is 6.08 Å². The van der Waals surface area contributed by atoms with Gasteiger partial charge in [0.05, 0.1) is 7.11 Å². The lowest BCUT2D eigenvalue weighted by Crippen LogP contribution is -2.08. The Kier molecular flexibility index (Phi) is 3.32. The van der Waals surface area contributed by atoms with Crippen molar-refractivity contribution in [2.45, 2.75) is 32.6 Å². The predicted molar refractivity (Wildman–Crippen MR) is 47.7 cm³/mol. The van der Waals surface area contributed by atoms with E-state index in [0.29, 0.717) is 5.92 Å². The van der Waals surface area contributed by atoms with Gasteiger partial charge in [-0.2, -0.15) is 0 Å². The first-order chi connectivity index (χ1) is 5.74. The maximum Gasteiger partial charge on any atom is 0.330 e. The summed E-state index contributed by atoms with van der Waals surface area (Å²) in [7, 11) is 1.42. The lowest BCUT2D eigenvalue weighted by molar-refractivity contribution is -0.134. The molecule has 1 aliphatic carbocycles. The molecule has 1 rings (SSSR count). The van der Waals surface area contributed by atoms with Gasteiger partial charge in [-0.3, -0.25) is 0 Å². The molecule has 1 aliphatic rings. The SMILES string of the molecule is COC(=O)/C=C1\CCCCC1C. The first-order valence-electron chi connectivity index (χ1n) is 4.52. The van der Waals surface area contributed by atoms with E-state index in [1.807, 2.05) is 0 Å². The number of carbonyl (C=O) groups excluding carboxylic acids is 1. The molecule has 2 heteroatoms. The van der Waals surface area contributed by atoms with Crippen molar-refractivity contribution >= 4 is 5.97 Å². The summed E-state index contributed by atoms with van der Waals surface area (Å²) in [6.07, 6.45) is 6.44. The van der Waals surface area contributed by atoms with Crippen LogP contribution in [0.5, 0.6) is 0 Å². The Bertz CT molecular complexity index is 194. The number of allylic oxidation sites excluding steroid dienone is 1. The van der Waals surface area contributed by atoms with E-state index in [9.17, 15) is 4.79 Å². The number of hydrogen-bond acceptors (Lipinski definition) is 2. The van der Waals surface area contributed by atoms with Crippen LogP contribution in [-0.2, 0) is 9.53 Å². The minimum absolute atomic E-state index is 0.209. The molecule has 0 spiro atoms. The number of methoxy groups -OCH3 is 1. The van der Waals surface area contributed by atoms with Crippen molar-refractivity contribution in [1.29, 1.82) is 0 Å². The maximum atomic E-state index is 10.9. The van der Waals surface area contributed by atoms with Crippen LogP contribution in [0, 0.1) is 5.92 Å². The third-order valence-corrected chi connectivity index (χ3v) is 2.49. The standard InChI is InChI=1S/C10H16O2/c1-8-5-3-4-6-9(8)7-10(11)12-2/h7-8H,3-6H2,1-2H3/b9-7+. The molecule has 1 fully saturated rings. The first-order valence-corrected chi connectivity index (χ1v) is 4.52. The van der Waals surface area contributed by atoms with Crippen molar-refractivity contribution < 1.29 is 9.53 Å². The summed E-state index contributed by atoms with van der Waals surface area (Å²) in [5.41, 5.74) is 1.26. The molecule has 0 N–H and O–H groups in total.